The van der Waals surface area contributed by atoms with Crippen LogP contribution in [0.25, 0.3) is 0 Å². The third kappa shape index (κ3) is 66.2. The Morgan fingerprint density at radius 3 is 1.02 bits per heavy atom. The molecule has 0 aliphatic carbocycles. The van der Waals surface area contributed by atoms with E-state index in [1.54, 1.807) is 0 Å². The molecule has 0 aromatic rings. The molecule has 1 amide bonds. The number of carbonyl (C=O) groups is 1. The van der Waals surface area contributed by atoms with Crippen molar-refractivity contribution < 1.29 is 32.9 Å². The number of rotatable bonds is 68. The number of nitrogens with one attached hydrogen (secondary N) is 1. The van der Waals surface area contributed by atoms with Gasteiger partial charge in [-0.3, -0.25) is 9.36 Å². The number of hydrogen-bond acceptors (Lipinski definition) is 6. The van der Waals surface area contributed by atoms with Gasteiger partial charge in [0.1, 0.15) is 13.2 Å². The van der Waals surface area contributed by atoms with Crippen molar-refractivity contribution in [1.29, 1.82) is 0 Å². The quantitative estimate of drug-likeness (QED) is 0.0272. The molecule has 0 fully saturated rings. The maximum atomic E-state index is 13.1. The number of aliphatic hydroxyl groups excluding tert-OH is 1. The Bertz CT molecular complexity index is 1430. The summed E-state index contributed by atoms with van der Waals surface area (Å²) in [6, 6.07) is -0.800. The first kappa shape index (κ1) is 80.7. The predicted molar refractivity (Wildman–Crippen MR) is 358 cm³/mol. The number of likely N-dealkylation sites (N-methyl/N-ethyl adjacent to an activating group) is 1. The first-order chi connectivity index (χ1) is 40.0. The summed E-state index contributed by atoms with van der Waals surface area (Å²) in [4.78, 5) is 25.7. The van der Waals surface area contributed by atoms with E-state index < -0.39 is 20.0 Å². The minimum atomic E-state index is -4.58. The fourth-order valence-corrected chi connectivity index (χ4v) is 12.0. The van der Waals surface area contributed by atoms with Gasteiger partial charge in [0.2, 0.25) is 5.91 Å². The van der Waals surface area contributed by atoms with E-state index in [9.17, 15) is 19.4 Å². The van der Waals surface area contributed by atoms with E-state index in [0.29, 0.717) is 23.9 Å². The molecular formula is C73H143N2O6P. The van der Waals surface area contributed by atoms with Crippen LogP contribution in [0.5, 0.6) is 0 Å². The molecule has 0 aromatic heterocycles. The second kappa shape index (κ2) is 64.2. The Morgan fingerprint density at radius 2 is 0.707 bits per heavy atom. The molecule has 82 heavy (non-hydrogen) atoms. The van der Waals surface area contributed by atoms with E-state index in [0.717, 1.165) is 51.4 Å². The molecule has 0 aliphatic heterocycles. The lowest BCUT2D eigenvalue weighted by Crippen LogP contribution is -2.46. The lowest BCUT2D eigenvalue weighted by atomic mass is 10.0. The van der Waals surface area contributed by atoms with E-state index in [1.165, 1.54) is 295 Å². The molecule has 0 radical (unpaired) electrons. The summed E-state index contributed by atoms with van der Waals surface area (Å²) < 4.78 is 23.5. The zero-order valence-corrected chi connectivity index (χ0v) is 56.6. The molecular weight excluding hydrogens is 1030 g/mol. The van der Waals surface area contributed by atoms with Gasteiger partial charge in [-0.15, -0.1) is 0 Å². The van der Waals surface area contributed by atoms with Crippen LogP contribution < -0.4 is 10.2 Å². The molecule has 0 saturated carbocycles. The van der Waals surface area contributed by atoms with Gasteiger partial charge in [-0.1, -0.05) is 352 Å². The lowest BCUT2D eigenvalue weighted by molar-refractivity contribution is -0.870. The van der Waals surface area contributed by atoms with Crippen molar-refractivity contribution in [2.24, 2.45) is 0 Å². The maximum absolute atomic E-state index is 13.1. The molecule has 0 aliphatic rings. The summed E-state index contributed by atoms with van der Waals surface area (Å²) in [5.41, 5.74) is 0. The monoisotopic (exact) mass is 1180 g/mol. The summed E-state index contributed by atoms with van der Waals surface area (Å²) in [7, 11) is 1.32. The molecule has 8 nitrogen and oxygen atoms in total. The van der Waals surface area contributed by atoms with Crippen molar-refractivity contribution in [2.45, 2.75) is 386 Å². The molecule has 2 N–H and O–H groups in total. The van der Waals surface area contributed by atoms with Gasteiger partial charge in [0.15, 0.2) is 0 Å². The maximum Gasteiger partial charge on any atom is 0.268 e. The molecule has 0 aromatic carbocycles. The fourth-order valence-electron chi connectivity index (χ4n) is 11.2. The van der Waals surface area contributed by atoms with Crippen LogP contribution >= 0.6 is 7.82 Å². The standard InChI is InChI=1S/C73H143N2O6P/c1-6-8-10-12-14-16-18-20-22-24-26-28-30-31-32-33-34-35-36-37-38-39-40-41-42-43-45-47-49-51-53-55-57-59-61-63-65-67-73(77)74-71(70-81-82(78,79)80-69-68-75(3,4)5)72(76)66-64-62-60-58-56-54-52-50-48-46-44-29-27-25-23-21-19-17-15-13-11-9-7-2/h18,20,24,26,30-31,71-72,76H,6-17,19,21-23,25,27-29,32-70H2,1-5H3,(H-,74,77,78,79)/b20-18-,26-24-,31-30-. The normalized spacial score (nSPS) is 13.8. The number of allylic oxidation sites excluding steroid dienone is 6. The third-order valence-corrected chi connectivity index (χ3v) is 17.8. The van der Waals surface area contributed by atoms with Gasteiger partial charge in [-0.25, -0.2) is 0 Å². The Labute approximate surface area is 512 Å². The highest BCUT2D eigenvalue weighted by Gasteiger charge is 2.24. The van der Waals surface area contributed by atoms with Gasteiger partial charge in [-0.2, -0.15) is 0 Å². The number of nitrogens with zero attached hydrogens (tertiary/aromatic N) is 1. The Balaban J connectivity index is 3.94. The van der Waals surface area contributed by atoms with Crippen molar-refractivity contribution in [3.8, 4) is 0 Å². The highest BCUT2D eigenvalue weighted by Crippen LogP contribution is 2.38. The van der Waals surface area contributed by atoms with Crippen molar-refractivity contribution in [2.75, 3.05) is 40.9 Å². The number of phosphoric ester groups is 1. The van der Waals surface area contributed by atoms with Crippen molar-refractivity contribution in [3.05, 3.63) is 36.5 Å². The van der Waals surface area contributed by atoms with Crippen molar-refractivity contribution in [3.63, 3.8) is 0 Å². The van der Waals surface area contributed by atoms with Crippen LogP contribution in [0.3, 0.4) is 0 Å². The summed E-state index contributed by atoms with van der Waals surface area (Å²) in [5.74, 6) is -0.156. The molecule has 0 saturated heterocycles. The molecule has 486 valence electrons. The molecule has 3 atom stereocenters. The second-order valence-corrected chi connectivity index (χ2v) is 27.7. The number of aliphatic hydroxyl groups is 1. The zero-order valence-electron chi connectivity index (χ0n) is 55.7. The number of quaternary nitrogens is 1. The molecule has 0 rings (SSSR count). The zero-order chi connectivity index (χ0) is 59.8. The van der Waals surface area contributed by atoms with Crippen LogP contribution in [0, 0.1) is 0 Å². The van der Waals surface area contributed by atoms with Crippen LogP contribution in [0.2, 0.25) is 0 Å². The molecule has 0 heterocycles. The van der Waals surface area contributed by atoms with E-state index >= 15 is 0 Å². The first-order valence-electron chi connectivity index (χ1n) is 36.3. The molecule has 3 unspecified atom stereocenters. The number of carbonyl (C=O) groups excluding carboxylic acids is 1. The van der Waals surface area contributed by atoms with Gasteiger partial charge >= 0.3 is 0 Å². The molecule has 0 bridgehead atoms. The number of hydrogen-bond donors (Lipinski definition) is 2. The number of phosphoric acid groups is 1. The SMILES string of the molecule is CCCCCCC/C=C\C/C=C\C/C=C\CCCCCCCCCCCCCCCCCCCCCCCCC(=O)NC(COP(=O)([O-])OCC[N+](C)(C)C)C(O)CCCCCCCCCCCCCCCCCCCCCCCCC. The van der Waals surface area contributed by atoms with Crippen LogP contribution in [-0.4, -0.2) is 68.5 Å². The van der Waals surface area contributed by atoms with Gasteiger partial charge in [-0.05, 0) is 51.4 Å². The predicted octanol–water partition coefficient (Wildman–Crippen LogP) is 22.6. The molecule has 9 heteroatoms. The van der Waals surface area contributed by atoms with Crippen molar-refractivity contribution in [1.82, 2.24) is 5.32 Å². The van der Waals surface area contributed by atoms with Gasteiger partial charge < -0.3 is 28.8 Å². The average Bonchev–Trinajstić information content (AvgIpc) is 3.47. The third-order valence-electron chi connectivity index (χ3n) is 16.9. The first-order valence-corrected chi connectivity index (χ1v) is 37.8. The van der Waals surface area contributed by atoms with Crippen LogP contribution in [-0.2, 0) is 18.4 Å². The van der Waals surface area contributed by atoms with E-state index in [1.807, 2.05) is 21.1 Å². The number of amides is 1. The summed E-state index contributed by atoms with van der Waals surface area (Å²) in [6.45, 7) is 4.77. The highest BCUT2D eigenvalue weighted by atomic mass is 31.2. The lowest BCUT2D eigenvalue weighted by Gasteiger charge is -2.30. The second-order valence-electron chi connectivity index (χ2n) is 26.3. The average molecular weight is 1180 g/mol. The summed E-state index contributed by atoms with van der Waals surface area (Å²) in [5, 5.41) is 14.1. The van der Waals surface area contributed by atoms with E-state index in [4.69, 9.17) is 9.05 Å². The summed E-state index contributed by atoms with van der Waals surface area (Å²) >= 11 is 0. The highest BCUT2D eigenvalue weighted by molar-refractivity contribution is 7.45. The van der Waals surface area contributed by atoms with Crippen LogP contribution in [0.1, 0.15) is 373 Å². The Kier molecular flexibility index (Phi) is 63.2. The van der Waals surface area contributed by atoms with Crippen LogP contribution in [0.4, 0.5) is 0 Å². The Hall–Kier alpha value is -1.28. The minimum Gasteiger partial charge on any atom is -0.756 e. The van der Waals surface area contributed by atoms with Crippen LogP contribution in [0.15, 0.2) is 36.5 Å². The van der Waals surface area contributed by atoms with E-state index in [-0.39, 0.29) is 19.1 Å². The summed E-state index contributed by atoms with van der Waals surface area (Å²) in [6.07, 6.45) is 85.2. The van der Waals surface area contributed by atoms with Gasteiger partial charge in [0.25, 0.3) is 7.82 Å². The molecule has 0 spiro atoms. The Morgan fingerprint density at radius 1 is 0.427 bits per heavy atom. The van der Waals surface area contributed by atoms with E-state index in [2.05, 4.69) is 55.6 Å². The van der Waals surface area contributed by atoms with Gasteiger partial charge in [0.05, 0.1) is 39.9 Å². The topological polar surface area (TPSA) is 108 Å². The largest absolute Gasteiger partial charge is 0.756 e. The minimum absolute atomic E-state index is 0.0147. The number of unbranched alkanes of at least 4 members (excludes halogenated alkanes) is 49. The fraction of sp³-hybridized carbons (Fsp3) is 0.904. The van der Waals surface area contributed by atoms with Gasteiger partial charge in [0, 0.05) is 6.42 Å². The smallest absolute Gasteiger partial charge is 0.268 e. The van der Waals surface area contributed by atoms with Crippen molar-refractivity contribution >= 4 is 13.7 Å².